The van der Waals surface area contributed by atoms with Crippen LogP contribution in [0.3, 0.4) is 0 Å². The molecular weight excluding hydrogens is 558 g/mol. The zero-order valence-corrected chi connectivity index (χ0v) is 21.8. The third-order valence-corrected chi connectivity index (χ3v) is 8.60. The number of aromatic nitrogens is 1. The molecule has 0 radical (unpaired) electrons. The minimum atomic E-state index is -4.51. The fourth-order valence-electron chi connectivity index (χ4n) is 4.98. The van der Waals surface area contributed by atoms with Gasteiger partial charge in [0.15, 0.2) is 17.1 Å². The highest BCUT2D eigenvalue weighted by Crippen LogP contribution is 2.38. The van der Waals surface area contributed by atoms with E-state index in [1.165, 1.54) is 23.6 Å². The molecule has 3 aromatic rings. The third-order valence-electron chi connectivity index (χ3n) is 6.75. The predicted molar refractivity (Wildman–Crippen MR) is 130 cm³/mol. The van der Waals surface area contributed by atoms with E-state index in [9.17, 15) is 27.6 Å². The molecule has 16 heteroatoms. The van der Waals surface area contributed by atoms with E-state index in [2.05, 4.69) is 4.98 Å². The molecule has 2 fully saturated rings. The van der Waals surface area contributed by atoms with Crippen LogP contribution in [0.4, 0.5) is 13.6 Å². The summed E-state index contributed by atoms with van der Waals surface area (Å²) in [5.74, 6) is -3.13. The number of benzene rings is 2. The summed E-state index contributed by atoms with van der Waals surface area (Å²) < 4.78 is 77.1. The van der Waals surface area contributed by atoms with Crippen molar-refractivity contribution in [3.63, 3.8) is 0 Å². The molecule has 2 saturated heterocycles. The summed E-state index contributed by atoms with van der Waals surface area (Å²) in [4.78, 5) is 30.2. The van der Waals surface area contributed by atoms with E-state index < -0.39 is 62.4 Å². The van der Waals surface area contributed by atoms with Crippen LogP contribution in [0.5, 0.6) is 11.8 Å². The van der Waals surface area contributed by atoms with Crippen molar-refractivity contribution in [3.05, 3.63) is 48.0 Å². The third kappa shape index (κ3) is 5.05. The molecule has 0 aliphatic carbocycles. The van der Waals surface area contributed by atoms with E-state index in [1.807, 2.05) is 0 Å². The van der Waals surface area contributed by atoms with Crippen LogP contribution in [0.25, 0.3) is 11.1 Å². The molecule has 0 saturated carbocycles. The molecule has 2 bridgehead atoms. The molecule has 5 rings (SSSR count). The second-order valence-corrected chi connectivity index (χ2v) is 11.0. The lowest BCUT2D eigenvalue weighted by Gasteiger charge is -2.44. The van der Waals surface area contributed by atoms with E-state index >= 15 is 4.39 Å². The lowest BCUT2D eigenvalue weighted by Crippen LogP contribution is -2.66. The SMILES string of the molecule is COCCOC(=O)N1[C@@H]2CC[C@H]1[C@H](C(=O)NO)N(S(=O)(=O)c1ccc(Oc3nc4ccc(F)cc4o3)c(F)c1)C2. The number of sulfonamides is 1. The smallest absolute Gasteiger partial charge is 0.410 e. The van der Waals surface area contributed by atoms with Gasteiger partial charge in [0.25, 0.3) is 5.91 Å². The first-order chi connectivity index (χ1) is 19.1. The monoisotopic (exact) mass is 582 g/mol. The molecule has 1 aromatic heterocycles. The van der Waals surface area contributed by atoms with Gasteiger partial charge < -0.3 is 18.6 Å². The summed E-state index contributed by atoms with van der Waals surface area (Å²) in [6, 6.07) is 3.33. The van der Waals surface area contributed by atoms with Gasteiger partial charge in [0.2, 0.25) is 10.0 Å². The maximum absolute atomic E-state index is 15.0. The van der Waals surface area contributed by atoms with Crippen LogP contribution in [-0.4, -0.2) is 84.8 Å². The van der Waals surface area contributed by atoms with Crippen molar-refractivity contribution >= 4 is 33.1 Å². The van der Waals surface area contributed by atoms with Crippen LogP contribution in [-0.2, 0) is 24.3 Å². The molecule has 13 nitrogen and oxygen atoms in total. The summed E-state index contributed by atoms with van der Waals surface area (Å²) in [6.07, 6.45) is -0.489. The van der Waals surface area contributed by atoms with Gasteiger partial charge in [-0.15, -0.1) is 0 Å². The highest BCUT2D eigenvalue weighted by atomic mass is 32.2. The van der Waals surface area contributed by atoms with Gasteiger partial charge in [0.1, 0.15) is 24.0 Å². The van der Waals surface area contributed by atoms with Gasteiger partial charge in [-0.1, -0.05) is 0 Å². The number of nitrogens with one attached hydrogen (secondary N) is 1. The van der Waals surface area contributed by atoms with Gasteiger partial charge in [-0.2, -0.15) is 9.29 Å². The molecule has 2 aliphatic rings. The number of hydrogen-bond acceptors (Lipinski definition) is 10. The lowest BCUT2D eigenvalue weighted by atomic mass is 10.1. The summed E-state index contributed by atoms with van der Waals surface area (Å²) in [5, 5.41) is 9.37. The van der Waals surface area contributed by atoms with Gasteiger partial charge in [0, 0.05) is 25.8 Å². The van der Waals surface area contributed by atoms with Crippen LogP contribution in [0.2, 0.25) is 0 Å². The summed E-state index contributed by atoms with van der Waals surface area (Å²) in [7, 11) is -3.08. The average Bonchev–Trinajstić information content (AvgIpc) is 3.47. The number of ether oxygens (including phenoxy) is 3. The topological polar surface area (TPSA) is 161 Å². The Kier molecular flexibility index (Phi) is 7.59. The molecule has 2 aromatic carbocycles. The molecule has 2 aliphatic heterocycles. The van der Waals surface area contributed by atoms with E-state index in [4.69, 9.17) is 18.6 Å². The minimum absolute atomic E-state index is 0.0434. The van der Waals surface area contributed by atoms with Crippen molar-refractivity contribution < 1.29 is 50.6 Å². The van der Waals surface area contributed by atoms with E-state index in [0.717, 1.165) is 28.6 Å². The van der Waals surface area contributed by atoms with Gasteiger partial charge in [-0.3, -0.25) is 14.9 Å². The number of hydroxylamine groups is 1. The summed E-state index contributed by atoms with van der Waals surface area (Å²) in [5.41, 5.74) is 1.80. The quantitative estimate of drug-likeness (QED) is 0.229. The number of nitrogens with zero attached hydrogens (tertiary/aromatic N) is 3. The Hall–Kier alpha value is -3.86. The Morgan fingerprint density at radius 2 is 1.98 bits per heavy atom. The number of rotatable bonds is 8. The Morgan fingerprint density at radius 3 is 2.70 bits per heavy atom. The Balaban J connectivity index is 1.40. The molecule has 2 N–H and O–H groups in total. The van der Waals surface area contributed by atoms with Crippen molar-refractivity contribution in [1.82, 2.24) is 19.7 Å². The molecular formula is C24H24F2N4O9S. The zero-order chi connectivity index (χ0) is 28.6. The first-order valence-electron chi connectivity index (χ1n) is 12.1. The molecule has 40 heavy (non-hydrogen) atoms. The van der Waals surface area contributed by atoms with Crippen molar-refractivity contribution in [2.24, 2.45) is 0 Å². The van der Waals surface area contributed by atoms with E-state index in [-0.39, 0.29) is 43.4 Å². The second-order valence-electron chi connectivity index (χ2n) is 9.09. The van der Waals surface area contributed by atoms with Crippen LogP contribution in [0.15, 0.2) is 45.7 Å². The first-order valence-corrected chi connectivity index (χ1v) is 13.5. The summed E-state index contributed by atoms with van der Waals surface area (Å²) in [6.45, 7) is -0.194. The first kappa shape index (κ1) is 27.7. The van der Waals surface area contributed by atoms with Gasteiger partial charge >= 0.3 is 12.2 Å². The zero-order valence-electron chi connectivity index (χ0n) is 21.0. The molecule has 0 spiro atoms. The highest BCUT2D eigenvalue weighted by molar-refractivity contribution is 7.89. The fraction of sp³-hybridized carbons (Fsp3) is 0.375. The van der Waals surface area contributed by atoms with Crippen LogP contribution >= 0.6 is 0 Å². The Bertz CT molecular complexity index is 1550. The number of carbonyl (C=O) groups is 2. The van der Waals surface area contributed by atoms with E-state index in [1.54, 1.807) is 0 Å². The number of hydrogen-bond donors (Lipinski definition) is 2. The van der Waals surface area contributed by atoms with Crippen molar-refractivity contribution in [2.75, 3.05) is 26.9 Å². The maximum Gasteiger partial charge on any atom is 0.410 e. The number of oxazole rings is 1. The van der Waals surface area contributed by atoms with E-state index in [0.29, 0.717) is 12.5 Å². The largest absolute Gasteiger partial charge is 0.447 e. The molecule has 2 amide bonds. The minimum Gasteiger partial charge on any atom is -0.447 e. The molecule has 0 unspecified atom stereocenters. The maximum atomic E-state index is 15.0. The van der Waals surface area contributed by atoms with Crippen molar-refractivity contribution in [3.8, 4) is 11.8 Å². The number of fused-ring (bicyclic) bond motifs is 3. The van der Waals surface area contributed by atoms with Gasteiger partial charge in [-0.25, -0.2) is 27.5 Å². The molecule has 3 atom stereocenters. The molecule has 3 heterocycles. The fourth-order valence-corrected chi connectivity index (χ4v) is 6.65. The number of amides is 2. The number of carbonyl (C=O) groups excluding carboxylic acids is 2. The summed E-state index contributed by atoms with van der Waals surface area (Å²) >= 11 is 0. The van der Waals surface area contributed by atoms with Crippen LogP contribution in [0, 0.1) is 11.6 Å². The van der Waals surface area contributed by atoms with Gasteiger partial charge in [-0.05, 0) is 43.2 Å². The number of halogens is 2. The van der Waals surface area contributed by atoms with Crippen LogP contribution < -0.4 is 10.2 Å². The molecule has 214 valence electrons. The second kappa shape index (κ2) is 11.0. The Labute approximate surface area is 226 Å². The normalized spacial score (nSPS) is 21.0. The predicted octanol–water partition coefficient (Wildman–Crippen LogP) is 2.39. The lowest BCUT2D eigenvalue weighted by molar-refractivity contribution is -0.136. The Morgan fingerprint density at radius 1 is 1.18 bits per heavy atom. The highest BCUT2D eigenvalue weighted by Gasteiger charge is 2.55. The average molecular weight is 583 g/mol. The number of methoxy groups -OCH3 is 1. The van der Waals surface area contributed by atoms with Crippen molar-refractivity contribution in [1.29, 1.82) is 0 Å². The standard InChI is InChI=1S/C24H24F2N4O9S/c1-36-8-9-37-24(32)30-14-3-6-18(30)21(22(31)28-33)29(12-14)40(34,35)15-4-7-19(16(26)11-15)38-23-27-17-5-2-13(25)10-20(17)39-23/h2,4-5,7,10-11,14,18,21,33H,3,6,8-9,12H2,1H3,(H,28,31)/t14-,18+,21-/m1/s1. The van der Waals surface area contributed by atoms with Gasteiger partial charge in [0.05, 0.1) is 17.5 Å². The number of piperazine rings is 1. The van der Waals surface area contributed by atoms with Crippen molar-refractivity contribution in [2.45, 2.75) is 35.9 Å². The van der Waals surface area contributed by atoms with Crippen LogP contribution in [0.1, 0.15) is 12.8 Å².